The van der Waals surface area contributed by atoms with Crippen LogP contribution >= 0.6 is 11.6 Å². The van der Waals surface area contributed by atoms with Gasteiger partial charge < -0.3 is 9.64 Å². The van der Waals surface area contributed by atoms with Crippen molar-refractivity contribution in [2.75, 3.05) is 25.1 Å². The largest absolute Gasteiger partial charge is 0.378 e. The third-order valence-electron chi connectivity index (χ3n) is 4.24. The summed E-state index contributed by atoms with van der Waals surface area (Å²) in [5.41, 5.74) is 0.630. The second-order valence-corrected chi connectivity index (χ2v) is 6.54. The number of halogens is 3. The Balaban J connectivity index is 1.84. The summed E-state index contributed by atoms with van der Waals surface area (Å²) in [5.74, 6) is -2.80. The molecule has 0 aliphatic carbocycles. The van der Waals surface area contributed by atoms with E-state index in [0.29, 0.717) is 24.4 Å². The lowest BCUT2D eigenvalue weighted by molar-refractivity contribution is 0.00763. The van der Waals surface area contributed by atoms with E-state index in [4.69, 9.17) is 16.3 Å². The van der Waals surface area contributed by atoms with Crippen LogP contribution in [0.25, 0.3) is 16.7 Å². The number of nitrogens with zero attached hydrogens (tertiary/aromatic N) is 6. The van der Waals surface area contributed by atoms with Gasteiger partial charge in [0, 0.05) is 51.6 Å². The van der Waals surface area contributed by atoms with Crippen molar-refractivity contribution in [2.45, 2.75) is 19.0 Å². The number of alkyl halides is 2. The van der Waals surface area contributed by atoms with Crippen LogP contribution in [0.1, 0.15) is 12.7 Å². The molecular formula is C16H15ClF2N6O. The molecule has 0 N–H and O–H groups in total. The maximum Gasteiger partial charge on any atom is 0.303 e. The first-order valence-corrected chi connectivity index (χ1v) is 8.28. The van der Waals surface area contributed by atoms with Gasteiger partial charge in [-0.15, -0.1) is 5.10 Å². The highest BCUT2D eigenvalue weighted by Crippen LogP contribution is 2.32. The van der Waals surface area contributed by atoms with E-state index in [1.807, 2.05) is 4.90 Å². The smallest absolute Gasteiger partial charge is 0.303 e. The zero-order valence-electron chi connectivity index (χ0n) is 14.0. The van der Waals surface area contributed by atoms with E-state index in [0.717, 1.165) is 12.3 Å². The standard InChI is InChI=1S/C16H15ClF2N6O/c1-16(18,19)15-20-4-3-13(22-15)25-11-5-12(17)21-6-10(11)14(23-25)24-7-9(8-24)26-2/h3-6,9H,7-8H2,1-2H3. The van der Waals surface area contributed by atoms with Crippen molar-refractivity contribution in [1.82, 2.24) is 24.7 Å². The molecule has 4 heterocycles. The summed E-state index contributed by atoms with van der Waals surface area (Å²) in [6.07, 6.45) is 3.04. The van der Waals surface area contributed by atoms with Gasteiger partial charge in [-0.3, -0.25) is 0 Å². The third kappa shape index (κ3) is 2.86. The van der Waals surface area contributed by atoms with Crippen LogP contribution in [0.3, 0.4) is 0 Å². The van der Waals surface area contributed by atoms with Crippen molar-refractivity contribution in [3.05, 3.63) is 35.5 Å². The molecule has 0 spiro atoms. The minimum absolute atomic E-state index is 0.139. The maximum atomic E-state index is 13.6. The average molecular weight is 381 g/mol. The van der Waals surface area contributed by atoms with Crippen molar-refractivity contribution in [3.63, 3.8) is 0 Å². The SMILES string of the molecule is COC1CN(c2nn(-c3ccnc(C(C)(F)F)n3)c3cc(Cl)ncc23)C1. The summed E-state index contributed by atoms with van der Waals surface area (Å²) in [6, 6.07) is 3.15. The van der Waals surface area contributed by atoms with Gasteiger partial charge in [0.2, 0.25) is 5.82 Å². The zero-order valence-corrected chi connectivity index (χ0v) is 14.8. The number of pyridine rings is 1. The Morgan fingerprint density at radius 3 is 2.77 bits per heavy atom. The van der Waals surface area contributed by atoms with Crippen LogP contribution in [-0.4, -0.2) is 51.0 Å². The highest BCUT2D eigenvalue weighted by Gasteiger charge is 2.32. The Morgan fingerprint density at radius 2 is 2.08 bits per heavy atom. The monoisotopic (exact) mass is 380 g/mol. The van der Waals surface area contributed by atoms with Crippen LogP contribution in [0, 0.1) is 0 Å². The van der Waals surface area contributed by atoms with Crippen molar-refractivity contribution < 1.29 is 13.5 Å². The molecule has 1 fully saturated rings. The van der Waals surface area contributed by atoms with Crippen molar-refractivity contribution >= 4 is 28.3 Å². The first kappa shape index (κ1) is 17.0. The molecule has 0 atom stereocenters. The average Bonchev–Trinajstić information content (AvgIpc) is 2.92. The molecule has 3 aromatic rings. The molecule has 10 heteroatoms. The minimum Gasteiger partial charge on any atom is -0.378 e. The molecule has 4 rings (SSSR count). The predicted molar refractivity (Wildman–Crippen MR) is 92.0 cm³/mol. The summed E-state index contributed by atoms with van der Waals surface area (Å²) < 4.78 is 34.0. The number of hydrogen-bond donors (Lipinski definition) is 0. The van der Waals surface area contributed by atoms with Crippen LogP contribution in [0.5, 0.6) is 0 Å². The number of hydrogen-bond acceptors (Lipinski definition) is 6. The van der Waals surface area contributed by atoms with Crippen molar-refractivity contribution in [2.24, 2.45) is 0 Å². The fraction of sp³-hybridized carbons (Fsp3) is 0.375. The van der Waals surface area contributed by atoms with E-state index >= 15 is 0 Å². The molecule has 0 amide bonds. The van der Waals surface area contributed by atoms with E-state index in [1.165, 1.54) is 16.9 Å². The van der Waals surface area contributed by atoms with E-state index in [1.54, 1.807) is 19.4 Å². The van der Waals surface area contributed by atoms with Crippen molar-refractivity contribution in [3.8, 4) is 5.82 Å². The molecule has 26 heavy (non-hydrogen) atoms. The third-order valence-corrected chi connectivity index (χ3v) is 4.45. The van der Waals surface area contributed by atoms with E-state index in [2.05, 4.69) is 20.1 Å². The minimum atomic E-state index is -3.15. The number of anilines is 1. The number of rotatable bonds is 4. The Labute approximate surface area is 152 Å². The number of methoxy groups -OCH3 is 1. The highest BCUT2D eigenvalue weighted by atomic mass is 35.5. The summed E-state index contributed by atoms with van der Waals surface area (Å²) >= 11 is 6.03. The fourth-order valence-electron chi connectivity index (χ4n) is 2.82. The lowest BCUT2D eigenvalue weighted by Crippen LogP contribution is -2.52. The van der Waals surface area contributed by atoms with Gasteiger partial charge in [-0.25, -0.2) is 19.6 Å². The van der Waals surface area contributed by atoms with Crippen molar-refractivity contribution in [1.29, 1.82) is 0 Å². The zero-order chi connectivity index (χ0) is 18.5. The molecule has 1 saturated heterocycles. The molecule has 0 unspecified atom stereocenters. The van der Waals surface area contributed by atoms with Crippen LogP contribution < -0.4 is 4.90 Å². The summed E-state index contributed by atoms with van der Waals surface area (Å²) in [6.45, 7) is 2.13. The number of ether oxygens (including phenoxy) is 1. The first-order chi connectivity index (χ1) is 12.4. The Morgan fingerprint density at radius 1 is 1.31 bits per heavy atom. The topological polar surface area (TPSA) is 69.0 Å². The number of fused-ring (bicyclic) bond motifs is 1. The molecule has 3 aromatic heterocycles. The van der Waals surface area contributed by atoms with Gasteiger partial charge in [-0.2, -0.15) is 8.78 Å². The molecule has 1 aliphatic heterocycles. The lowest BCUT2D eigenvalue weighted by Gasteiger charge is -2.38. The molecule has 1 aliphatic rings. The quantitative estimate of drug-likeness (QED) is 0.648. The molecule has 0 radical (unpaired) electrons. The van der Waals surface area contributed by atoms with Gasteiger partial charge in [0.25, 0.3) is 0 Å². The van der Waals surface area contributed by atoms with Gasteiger partial charge in [0.15, 0.2) is 11.6 Å². The second kappa shape index (κ2) is 6.10. The van der Waals surface area contributed by atoms with Crippen LogP contribution in [-0.2, 0) is 10.7 Å². The Hall–Kier alpha value is -2.39. The number of aromatic nitrogens is 5. The normalized spacial score (nSPS) is 15.5. The van der Waals surface area contributed by atoms with Gasteiger partial charge >= 0.3 is 5.92 Å². The fourth-order valence-corrected chi connectivity index (χ4v) is 2.97. The molecule has 0 saturated carbocycles. The van der Waals surface area contributed by atoms with Crippen LogP contribution in [0.15, 0.2) is 24.5 Å². The van der Waals surface area contributed by atoms with Gasteiger partial charge in [-0.1, -0.05) is 11.6 Å². The van der Waals surface area contributed by atoms with Gasteiger partial charge in [0.05, 0.1) is 17.0 Å². The maximum absolute atomic E-state index is 13.6. The van der Waals surface area contributed by atoms with E-state index < -0.39 is 11.7 Å². The van der Waals surface area contributed by atoms with Crippen LogP contribution in [0.2, 0.25) is 5.15 Å². The van der Waals surface area contributed by atoms with Crippen LogP contribution in [0.4, 0.5) is 14.6 Å². The van der Waals surface area contributed by atoms with Gasteiger partial charge in [0.1, 0.15) is 5.15 Å². The Bertz CT molecular complexity index is 967. The summed E-state index contributed by atoms with van der Waals surface area (Å²) in [7, 11) is 1.66. The summed E-state index contributed by atoms with van der Waals surface area (Å²) in [5, 5.41) is 5.60. The highest BCUT2D eigenvalue weighted by molar-refractivity contribution is 6.30. The predicted octanol–water partition coefficient (Wildman–Crippen LogP) is 2.81. The van der Waals surface area contributed by atoms with E-state index in [9.17, 15) is 8.78 Å². The van der Waals surface area contributed by atoms with Gasteiger partial charge in [-0.05, 0) is 0 Å². The van der Waals surface area contributed by atoms with E-state index in [-0.39, 0.29) is 17.1 Å². The Kier molecular flexibility index (Phi) is 4.00. The second-order valence-electron chi connectivity index (χ2n) is 6.15. The molecule has 0 aromatic carbocycles. The first-order valence-electron chi connectivity index (χ1n) is 7.90. The summed E-state index contributed by atoms with van der Waals surface area (Å²) in [4.78, 5) is 13.8. The lowest BCUT2D eigenvalue weighted by atomic mass is 10.1. The molecule has 7 nitrogen and oxygen atoms in total. The molecule has 0 bridgehead atoms. The molecule has 136 valence electrons. The molecular weight excluding hydrogens is 366 g/mol.